The fourth-order valence-corrected chi connectivity index (χ4v) is 4.21. The molecule has 0 atom stereocenters. The zero-order valence-corrected chi connectivity index (χ0v) is 17.9. The Kier molecular flexibility index (Phi) is 4.58. The molecule has 0 saturated carbocycles. The summed E-state index contributed by atoms with van der Waals surface area (Å²) in [7, 11) is 1.60. The van der Waals surface area contributed by atoms with Crippen LogP contribution in [0.2, 0.25) is 10.0 Å². The molecule has 0 fully saturated rings. The lowest BCUT2D eigenvalue weighted by Gasteiger charge is -2.15. The van der Waals surface area contributed by atoms with Gasteiger partial charge in [0.25, 0.3) is 11.8 Å². The maximum Gasteiger partial charge on any atom is 0.267 e. The van der Waals surface area contributed by atoms with E-state index >= 15 is 0 Å². The summed E-state index contributed by atoms with van der Waals surface area (Å²) in [5.41, 5.74) is 7.15. The molecule has 32 heavy (non-hydrogen) atoms. The van der Waals surface area contributed by atoms with Crippen LogP contribution in [0, 0.1) is 5.82 Å². The maximum atomic E-state index is 13.8. The van der Waals surface area contributed by atoms with Gasteiger partial charge in [-0.15, -0.1) is 0 Å². The quantitative estimate of drug-likeness (QED) is 0.328. The van der Waals surface area contributed by atoms with Gasteiger partial charge >= 0.3 is 0 Å². The second-order valence-electron chi connectivity index (χ2n) is 7.12. The highest BCUT2D eigenvalue weighted by atomic mass is 35.5. The number of halogens is 3. The molecule has 2 amide bonds. The lowest BCUT2D eigenvalue weighted by atomic mass is 10.1. The molecule has 1 aromatic heterocycles. The van der Waals surface area contributed by atoms with Crippen LogP contribution in [-0.2, 0) is 7.05 Å². The third kappa shape index (κ3) is 2.91. The Morgan fingerprint density at radius 3 is 2.31 bits per heavy atom. The molecule has 10 heteroatoms. The number of carbonyl (C=O) groups is 2. The molecule has 5 rings (SSSR count). The van der Waals surface area contributed by atoms with E-state index < -0.39 is 17.6 Å². The van der Waals surface area contributed by atoms with Crippen LogP contribution in [0.25, 0.3) is 10.9 Å². The number of nitrogen functional groups attached to an aromatic ring is 1. The minimum Gasteiger partial charge on any atom is -0.453 e. The summed E-state index contributed by atoms with van der Waals surface area (Å²) in [6.07, 6.45) is 0. The first-order chi connectivity index (χ1) is 15.3. The number of hydrogen-bond acceptors (Lipinski definition) is 5. The predicted octanol–water partition coefficient (Wildman–Crippen LogP) is 5.19. The Labute approximate surface area is 190 Å². The molecule has 0 unspecified atom stereocenters. The van der Waals surface area contributed by atoms with Crippen molar-refractivity contribution in [2.75, 3.05) is 10.6 Å². The van der Waals surface area contributed by atoms with Gasteiger partial charge in [-0.25, -0.2) is 9.29 Å². The van der Waals surface area contributed by atoms with Crippen LogP contribution >= 0.6 is 23.2 Å². The second kappa shape index (κ2) is 7.22. The molecule has 0 saturated heterocycles. The minimum absolute atomic E-state index is 0.000784. The second-order valence-corrected chi connectivity index (χ2v) is 7.93. The molecule has 2 N–H and O–H groups in total. The lowest BCUT2D eigenvalue weighted by molar-refractivity contribution is 0.0925. The Morgan fingerprint density at radius 1 is 1.00 bits per heavy atom. The van der Waals surface area contributed by atoms with E-state index in [0.29, 0.717) is 5.52 Å². The summed E-state index contributed by atoms with van der Waals surface area (Å²) >= 11 is 12.6. The zero-order valence-electron chi connectivity index (χ0n) is 16.4. The van der Waals surface area contributed by atoms with E-state index in [4.69, 9.17) is 33.7 Å². The fraction of sp³-hybridized carbons (Fsp3) is 0.0455. The molecule has 1 aliphatic heterocycles. The van der Waals surface area contributed by atoms with Crippen LogP contribution in [0.15, 0.2) is 48.5 Å². The molecule has 0 bridgehead atoms. The number of imide groups is 1. The molecule has 3 aromatic carbocycles. The van der Waals surface area contributed by atoms with Gasteiger partial charge in [0.15, 0.2) is 11.6 Å². The SMILES string of the molecule is Cn1nc(N2C(=O)c3ccccc3C2=O)c2c(Oc3cc(F)ccc3Cl)c(N)cc(Cl)c21. The van der Waals surface area contributed by atoms with Crippen molar-refractivity contribution >= 4 is 57.4 Å². The number of ether oxygens (including phenoxy) is 1. The monoisotopic (exact) mass is 470 g/mol. The van der Waals surface area contributed by atoms with E-state index in [9.17, 15) is 14.0 Å². The lowest BCUT2D eigenvalue weighted by Crippen LogP contribution is -2.30. The number of aryl methyl sites for hydroxylation is 1. The van der Waals surface area contributed by atoms with Gasteiger partial charge in [0.05, 0.1) is 37.8 Å². The molecular weight excluding hydrogens is 458 g/mol. The number of benzene rings is 3. The normalized spacial score (nSPS) is 13.2. The van der Waals surface area contributed by atoms with Crippen molar-refractivity contribution < 1.29 is 18.7 Å². The number of nitrogens with two attached hydrogens (primary N) is 1. The van der Waals surface area contributed by atoms with Gasteiger partial charge in [0.1, 0.15) is 11.6 Å². The molecule has 1 aliphatic rings. The number of hydrogen-bond donors (Lipinski definition) is 1. The summed E-state index contributed by atoms with van der Waals surface area (Å²) < 4.78 is 21.1. The number of nitrogens with zero attached hydrogens (tertiary/aromatic N) is 3. The Balaban J connectivity index is 1.76. The first kappa shape index (κ1) is 20.3. The van der Waals surface area contributed by atoms with E-state index in [1.807, 2.05) is 0 Å². The van der Waals surface area contributed by atoms with Crippen molar-refractivity contribution in [3.05, 3.63) is 75.5 Å². The van der Waals surface area contributed by atoms with Crippen molar-refractivity contribution in [3.8, 4) is 11.5 Å². The highest BCUT2D eigenvalue weighted by Gasteiger charge is 2.40. The van der Waals surface area contributed by atoms with Crippen LogP contribution in [0.5, 0.6) is 11.5 Å². The molecule has 0 spiro atoms. The van der Waals surface area contributed by atoms with Crippen LogP contribution < -0.4 is 15.4 Å². The van der Waals surface area contributed by atoms with Gasteiger partial charge in [-0.05, 0) is 30.3 Å². The van der Waals surface area contributed by atoms with Crippen LogP contribution in [-0.4, -0.2) is 21.6 Å². The maximum absolute atomic E-state index is 13.8. The zero-order chi connectivity index (χ0) is 22.7. The van der Waals surface area contributed by atoms with Crippen molar-refractivity contribution in [3.63, 3.8) is 0 Å². The van der Waals surface area contributed by atoms with E-state index in [0.717, 1.165) is 11.0 Å². The molecule has 2 heterocycles. The average Bonchev–Trinajstić information content (AvgIpc) is 3.22. The first-order valence-corrected chi connectivity index (χ1v) is 10.1. The number of anilines is 2. The predicted molar refractivity (Wildman–Crippen MR) is 119 cm³/mol. The topological polar surface area (TPSA) is 90.5 Å². The first-order valence-electron chi connectivity index (χ1n) is 9.33. The number of carbonyl (C=O) groups excluding carboxylic acids is 2. The summed E-state index contributed by atoms with van der Waals surface area (Å²) in [5, 5.41) is 4.96. The summed E-state index contributed by atoms with van der Waals surface area (Å²) in [4.78, 5) is 27.1. The summed E-state index contributed by atoms with van der Waals surface area (Å²) in [6.45, 7) is 0. The van der Waals surface area contributed by atoms with Gasteiger partial charge in [-0.3, -0.25) is 14.3 Å². The highest BCUT2D eigenvalue weighted by molar-refractivity contribution is 6.39. The summed E-state index contributed by atoms with van der Waals surface area (Å²) in [5.74, 6) is -1.63. The van der Waals surface area contributed by atoms with Crippen LogP contribution in [0.4, 0.5) is 15.9 Å². The smallest absolute Gasteiger partial charge is 0.267 e. The molecule has 0 aliphatic carbocycles. The fourth-order valence-electron chi connectivity index (χ4n) is 3.72. The van der Waals surface area contributed by atoms with Crippen molar-refractivity contribution in [2.24, 2.45) is 7.05 Å². The van der Waals surface area contributed by atoms with Crippen molar-refractivity contribution in [1.82, 2.24) is 9.78 Å². The Morgan fingerprint density at radius 2 is 1.66 bits per heavy atom. The number of aromatic nitrogens is 2. The molecule has 7 nitrogen and oxygen atoms in total. The standard InChI is InChI=1S/C22H13Cl2FN4O3/c1-28-18-14(24)9-15(26)19(32-16-8-10(25)6-7-13(16)23)17(18)20(27-28)29-21(30)11-4-2-3-5-12(11)22(29)31/h2-9H,26H2,1H3. The van der Waals surface area contributed by atoms with Crippen LogP contribution in [0.1, 0.15) is 20.7 Å². The molecule has 4 aromatic rings. The largest absolute Gasteiger partial charge is 0.453 e. The van der Waals surface area contributed by atoms with Gasteiger partial charge in [0.2, 0.25) is 0 Å². The van der Waals surface area contributed by atoms with E-state index in [1.54, 1.807) is 31.3 Å². The van der Waals surface area contributed by atoms with Gasteiger partial charge in [0, 0.05) is 13.1 Å². The van der Waals surface area contributed by atoms with Gasteiger partial charge < -0.3 is 10.5 Å². The Bertz CT molecular complexity index is 1430. The molecular formula is C22H13Cl2FN4O3. The van der Waals surface area contributed by atoms with E-state index in [-0.39, 0.29) is 49.6 Å². The highest BCUT2D eigenvalue weighted by Crippen LogP contribution is 2.46. The third-order valence-electron chi connectivity index (χ3n) is 5.14. The number of fused-ring (bicyclic) bond motifs is 2. The number of amides is 2. The number of rotatable bonds is 3. The molecule has 0 radical (unpaired) electrons. The van der Waals surface area contributed by atoms with Crippen molar-refractivity contribution in [1.29, 1.82) is 0 Å². The van der Waals surface area contributed by atoms with E-state index in [1.165, 1.54) is 22.9 Å². The van der Waals surface area contributed by atoms with Crippen LogP contribution in [0.3, 0.4) is 0 Å². The van der Waals surface area contributed by atoms with Crippen molar-refractivity contribution in [2.45, 2.75) is 0 Å². The average molecular weight is 471 g/mol. The summed E-state index contributed by atoms with van der Waals surface area (Å²) in [6, 6.07) is 11.5. The third-order valence-corrected chi connectivity index (χ3v) is 5.74. The minimum atomic E-state index is -0.570. The Hall–Kier alpha value is -3.62. The van der Waals surface area contributed by atoms with Gasteiger partial charge in [-0.2, -0.15) is 5.10 Å². The van der Waals surface area contributed by atoms with E-state index in [2.05, 4.69) is 5.10 Å². The molecule has 160 valence electrons. The van der Waals surface area contributed by atoms with Gasteiger partial charge in [-0.1, -0.05) is 35.3 Å².